The maximum Gasteiger partial charge on any atom is 0.223 e. The molecule has 0 N–H and O–H groups in total. The maximum atomic E-state index is 13.3. The molecule has 0 atom stereocenters. The van der Waals surface area contributed by atoms with Crippen LogP contribution in [0.5, 0.6) is 0 Å². The molecule has 0 saturated heterocycles. The number of carbonyl (C=O) groups is 2. The Morgan fingerprint density at radius 3 is 2.56 bits per heavy atom. The minimum atomic E-state index is -3.66. The van der Waals surface area contributed by atoms with E-state index in [1.54, 1.807) is 34.1 Å². The molecule has 2 aliphatic rings. The van der Waals surface area contributed by atoms with Gasteiger partial charge in [0.15, 0.2) is 9.84 Å². The minimum Gasteiger partial charge on any atom is -0.337 e. The van der Waals surface area contributed by atoms with E-state index >= 15 is 0 Å². The predicted octanol–water partition coefficient (Wildman–Crippen LogP) is 3.19. The average Bonchev–Trinajstić information content (AvgIpc) is 3.41. The molecule has 0 saturated carbocycles. The lowest BCUT2D eigenvalue weighted by Crippen LogP contribution is -2.32. The number of fused-ring (bicyclic) bond motifs is 2. The molecule has 0 unspecified atom stereocenters. The van der Waals surface area contributed by atoms with Gasteiger partial charge in [0, 0.05) is 44.2 Å². The number of aromatic nitrogens is 2. The molecule has 0 radical (unpaired) electrons. The van der Waals surface area contributed by atoms with Gasteiger partial charge in [-0.1, -0.05) is 0 Å². The number of hydrogen-bond acceptors (Lipinski definition) is 5. The first-order valence-electron chi connectivity index (χ1n) is 12.0. The van der Waals surface area contributed by atoms with Crippen LogP contribution in [0.4, 0.5) is 10.1 Å². The number of aryl methyl sites for hydroxylation is 1. The van der Waals surface area contributed by atoms with Gasteiger partial charge in [0.05, 0.1) is 28.6 Å². The Morgan fingerprint density at radius 1 is 1.03 bits per heavy atom. The summed E-state index contributed by atoms with van der Waals surface area (Å²) in [6, 6.07) is 12.8. The zero-order valence-corrected chi connectivity index (χ0v) is 20.8. The van der Waals surface area contributed by atoms with Crippen LogP contribution in [0.3, 0.4) is 0 Å². The first kappa shape index (κ1) is 24.2. The lowest BCUT2D eigenvalue weighted by Gasteiger charge is -2.20. The van der Waals surface area contributed by atoms with Crippen LogP contribution in [0.2, 0.25) is 0 Å². The van der Waals surface area contributed by atoms with E-state index < -0.39 is 9.84 Å². The Hall–Kier alpha value is -3.53. The van der Waals surface area contributed by atoms with Gasteiger partial charge in [-0.2, -0.15) is 5.10 Å². The zero-order chi connectivity index (χ0) is 25.4. The Balaban J connectivity index is 1.25. The molecular formula is C26H27FN4O4S. The smallest absolute Gasteiger partial charge is 0.223 e. The molecule has 2 aromatic carbocycles. The number of carbonyl (C=O) groups excluding carboxylic acids is 2. The van der Waals surface area contributed by atoms with Crippen LogP contribution in [0.25, 0.3) is 11.3 Å². The lowest BCUT2D eigenvalue weighted by molar-refractivity contribution is -0.131. The number of hydrogen-bond donors (Lipinski definition) is 0. The number of anilines is 1. The van der Waals surface area contributed by atoms with E-state index in [-0.39, 0.29) is 34.7 Å². The molecule has 3 aromatic rings. The zero-order valence-electron chi connectivity index (χ0n) is 20.0. The van der Waals surface area contributed by atoms with Crippen LogP contribution in [-0.4, -0.2) is 53.8 Å². The van der Waals surface area contributed by atoms with Gasteiger partial charge < -0.3 is 9.80 Å². The van der Waals surface area contributed by atoms with Crippen LogP contribution in [0.15, 0.2) is 53.4 Å². The molecule has 188 valence electrons. The molecule has 0 fully saturated rings. The second kappa shape index (κ2) is 9.50. The highest BCUT2D eigenvalue weighted by Crippen LogP contribution is 2.31. The Labute approximate surface area is 209 Å². The van der Waals surface area contributed by atoms with E-state index in [4.69, 9.17) is 0 Å². The lowest BCUT2D eigenvalue weighted by atomic mass is 10.1. The second-order valence-electron chi connectivity index (χ2n) is 9.20. The fourth-order valence-corrected chi connectivity index (χ4v) is 6.11. The summed E-state index contributed by atoms with van der Waals surface area (Å²) in [5, 5.41) is 4.61. The first-order chi connectivity index (χ1) is 17.2. The van der Waals surface area contributed by atoms with Gasteiger partial charge in [0.1, 0.15) is 5.82 Å². The Bertz CT molecular complexity index is 1430. The van der Waals surface area contributed by atoms with Gasteiger partial charge in [0.25, 0.3) is 0 Å². The number of nitrogens with zero attached hydrogens (tertiary/aromatic N) is 4. The van der Waals surface area contributed by atoms with E-state index in [1.165, 1.54) is 25.1 Å². The van der Waals surface area contributed by atoms with Crippen molar-refractivity contribution in [2.45, 2.75) is 44.2 Å². The predicted molar refractivity (Wildman–Crippen MR) is 132 cm³/mol. The van der Waals surface area contributed by atoms with Crippen molar-refractivity contribution < 1.29 is 22.4 Å². The molecule has 5 rings (SSSR count). The van der Waals surface area contributed by atoms with E-state index in [0.29, 0.717) is 44.7 Å². The summed E-state index contributed by atoms with van der Waals surface area (Å²) in [5.74, 6) is -0.888. The fourth-order valence-electron chi connectivity index (χ4n) is 4.83. The van der Waals surface area contributed by atoms with Gasteiger partial charge in [-0.15, -0.1) is 0 Å². The van der Waals surface area contributed by atoms with Gasteiger partial charge in [-0.3, -0.25) is 14.3 Å². The normalized spacial score (nSPS) is 15.4. The maximum absolute atomic E-state index is 13.3. The third-order valence-electron chi connectivity index (χ3n) is 6.78. The van der Waals surface area contributed by atoms with Crippen LogP contribution < -0.4 is 4.90 Å². The van der Waals surface area contributed by atoms with Crippen molar-refractivity contribution in [2.75, 3.05) is 23.7 Å². The SMILES string of the molecule is CC(=O)N1CCc2cc(S(=O)(=O)CCC(=O)N3CCCn4nc(-c5ccc(F)cc5)cc4C3)ccc21. The van der Waals surface area contributed by atoms with E-state index in [0.717, 1.165) is 22.5 Å². The highest BCUT2D eigenvalue weighted by atomic mass is 32.2. The summed E-state index contributed by atoms with van der Waals surface area (Å²) in [4.78, 5) is 28.3. The van der Waals surface area contributed by atoms with Gasteiger partial charge in [0.2, 0.25) is 11.8 Å². The monoisotopic (exact) mass is 510 g/mol. The molecule has 0 bridgehead atoms. The molecule has 0 spiro atoms. The minimum absolute atomic E-state index is 0.0708. The van der Waals surface area contributed by atoms with Crippen molar-refractivity contribution in [3.8, 4) is 11.3 Å². The number of sulfone groups is 1. The van der Waals surface area contributed by atoms with Crippen LogP contribution in [0.1, 0.15) is 31.0 Å². The summed E-state index contributed by atoms with van der Waals surface area (Å²) in [6.45, 7) is 3.54. The highest BCUT2D eigenvalue weighted by Gasteiger charge is 2.27. The van der Waals surface area contributed by atoms with Gasteiger partial charge >= 0.3 is 0 Å². The molecule has 2 aliphatic heterocycles. The largest absolute Gasteiger partial charge is 0.337 e. The van der Waals surface area contributed by atoms with Gasteiger partial charge in [-0.25, -0.2) is 12.8 Å². The number of rotatable bonds is 5. The summed E-state index contributed by atoms with van der Waals surface area (Å²) in [7, 11) is -3.66. The van der Waals surface area contributed by atoms with Crippen molar-refractivity contribution in [2.24, 2.45) is 0 Å². The number of amides is 2. The standard InChI is InChI=1S/C26H27FN4O4S/c1-18(32)30-13-9-20-15-23(7-8-25(20)30)36(34,35)14-10-26(33)29-11-2-12-31-22(17-29)16-24(28-31)19-3-5-21(27)6-4-19/h3-8,15-16H,2,9-14,17H2,1H3. The Morgan fingerprint density at radius 2 is 1.81 bits per heavy atom. The molecule has 8 nitrogen and oxygen atoms in total. The summed E-state index contributed by atoms with van der Waals surface area (Å²) >= 11 is 0. The van der Waals surface area contributed by atoms with Crippen molar-refractivity contribution >= 4 is 27.3 Å². The van der Waals surface area contributed by atoms with Crippen molar-refractivity contribution in [3.05, 3.63) is 65.6 Å². The molecule has 2 amide bonds. The van der Waals surface area contributed by atoms with Gasteiger partial charge in [-0.05, 0) is 66.9 Å². The van der Waals surface area contributed by atoms with Crippen molar-refractivity contribution in [1.29, 1.82) is 0 Å². The van der Waals surface area contributed by atoms with Crippen molar-refractivity contribution in [1.82, 2.24) is 14.7 Å². The molecule has 1 aromatic heterocycles. The third kappa shape index (κ3) is 4.77. The third-order valence-corrected chi connectivity index (χ3v) is 8.49. The van der Waals surface area contributed by atoms with E-state index in [2.05, 4.69) is 5.10 Å². The summed E-state index contributed by atoms with van der Waals surface area (Å²) < 4.78 is 41.1. The second-order valence-corrected chi connectivity index (χ2v) is 11.3. The average molecular weight is 511 g/mol. The van der Waals surface area contributed by atoms with Crippen LogP contribution >= 0.6 is 0 Å². The summed E-state index contributed by atoms with van der Waals surface area (Å²) in [6.07, 6.45) is 1.20. The molecule has 10 heteroatoms. The topological polar surface area (TPSA) is 92.6 Å². The van der Waals surface area contributed by atoms with E-state index in [9.17, 15) is 22.4 Å². The van der Waals surface area contributed by atoms with E-state index in [1.807, 2.05) is 10.7 Å². The first-order valence-corrected chi connectivity index (χ1v) is 13.6. The highest BCUT2D eigenvalue weighted by molar-refractivity contribution is 7.91. The molecule has 36 heavy (non-hydrogen) atoms. The van der Waals surface area contributed by atoms with Crippen LogP contribution in [0, 0.1) is 5.82 Å². The Kier molecular flexibility index (Phi) is 6.38. The molecule has 3 heterocycles. The fraction of sp³-hybridized carbons (Fsp3) is 0.346. The van der Waals surface area contributed by atoms with Crippen LogP contribution in [-0.2, 0) is 38.9 Å². The quantitative estimate of drug-likeness (QED) is 0.526. The number of halogens is 1. The molecule has 0 aliphatic carbocycles. The molecular weight excluding hydrogens is 483 g/mol. The summed E-state index contributed by atoms with van der Waals surface area (Å²) in [5.41, 5.74) is 3.94. The van der Waals surface area contributed by atoms with Crippen molar-refractivity contribution in [3.63, 3.8) is 0 Å². The number of benzene rings is 2.